The molecule has 0 fully saturated rings. The van der Waals surface area contributed by atoms with Crippen molar-refractivity contribution in [2.45, 2.75) is 6.92 Å². The molecule has 0 aliphatic carbocycles. The third kappa shape index (κ3) is 4.11. The van der Waals surface area contributed by atoms with Crippen molar-refractivity contribution in [3.05, 3.63) is 0 Å². The van der Waals surface area contributed by atoms with E-state index in [1.165, 1.54) is 0 Å². The van der Waals surface area contributed by atoms with Gasteiger partial charge in [-0.05, 0) is 6.92 Å². The summed E-state index contributed by atoms with van der Waals surface area (Å²) in [6.45, 7) is 1.60. The van der Waals surface area contributed by atoms with Crippen molar-refractivity contribution in [2.75, 3.05) is 0 Å². The highest BCUT2D eigenvalue weighted by Crippen LogP contribution is 1.85. The lowest BCUT2D eigenvalue weighted by Gasteiger charge is -1.78. The fourth-order valence-electron chi connectivity index (χ4n) is 0.0563. The van der Waals surface area contributed by atoms with E-state index in [2.05, 4.69) is 22.3 Å². The van der Waals surface area contributed by atoms with Crippen molar-refractivity contribution >= 4 is 29.7 Å². The molecule has 0 aromatic rings. The second-order valence-corrected chi connectivity index (χ2v) is 1.38. The lowest BCUT2D eigenvalue weighted by Crippen LogP contribution is -1.70. The third-order valence-electron chi connectivity index (χ3n) is 0.167. The number of hydrogen-bond donors (Lipinski definition) is 1. The maximum Gasteiger partial charge on any atom is 0.143 e. The maximum atomic E-state index is 5.15. The fourth-order valence-corrected chi connectivity index (χ4v) is 0.261. The van der Waals surface area contributed by atoms with Gasteiger partial charge in [0.2, 0.25) is 0 Å². The number of thiol groups is 1. The Morgan fingerprint density at radius 2 is 2.50 bits per heavy atom. The van der Waals surface area contributed by atoms with Crippen LogP contribution in [0.25, 0.3) is 0 Å². The van der Waals surface area contributed by atoms with Crippen LogP contribution in [0.3, 0.4) is 0 Å². The first-order chi connectivity index (χ1) is 2.77. The zero-order chi connectivity index (χ0) is 4.99. The van der Waals surface area contributed by atoms with Crippen LogP contribution in [-0.2, 0) is 4.28 Å². The van der Waals surface area contributed by atoms with Crippen molar-refractivity contribution in [3.8, 4) is 0 Å². The number of rotatable bonds is 1. The molecule has 0 radical (unpaired) electrons. The molecule has 0 aliphatic heterocycles. The minimum absolute atomic E-state index is 0.338. The summed E-state index contributed by atoms with van der Waals surface area (Å²) in [5, 5.41) is 3.51. The van der Waals surface area contributed by atoms with Crippen molar-refractivity contribution in [2.24, 2.45) is 5.16 Å². The van der Waals surface area contributed by atoms with Gasteiger partial charge in [-0.2, -0.15) is 0 Å². The Bertz CT molecular complexity index is 60.6. The van der Waals surface area contributed by atoms with E-state index in [4.69, 9.17) is 11.6 Å². The number of oxime groups is 1. The molecule has 0 aliphatic rings. The van der Waals surface area contributed by atoms with Gasteiger partial charge in [0, 0.05) is 0 Å². The molecule has 0 bridgehead atoms. The minimum Gasteiger partial charge on any atom is -0.324 e. The van der Waals surface area contributed by atoms with Crippen LogP contribution in [0.1, 0.15) is 6.92 Å². The molecule has 0 unspecified atom stereocenters. The highest BCUT2D eigenvalue weighted by molar-refractivity contribution is 7.75. The summed E-state index contributed by atoms with van der Waals surface area (Å²) in [4.78, 5) is 0. The number of nitrogens with zero attached hydrogens (tertiary/aromatic N) is 1. The Balaban J connectivity index is 3.14. The summed E-state index contributed by atoms with van der Waals surface area (Å²) in [7, 11) is 0. The standard InChI is InChI=1S/C2H4ClNOS/c1-2(3)4-5-6/h6H,1H3. The topological polar surface area (TPSA) is 21.6 Å². The van der Waals surface area contributed by atoms with Crippen LogP contribution in [0.15, 0.2) is 5.16 Å². The summed E-state index contributed by atoms with van der Waals surface area (Å²) in [6, 6.07) is 0. The first-order valence-corrected chi connectivity index (χ1v) is 2.02. The quantitative estimate of drug-likeness (QED) is 0.243. The minimum atomic E-state index is 0.338. The predicted octanol–water partition coefficient (Wildman–Crippen LogP) is 1.42. The largest absolute Gasteiger partial charge is 0.324 e. The van der Waals surface area contributed by atoms with E-state index in [9.17, 15) is 0 Å². The van der Waals surface area contributed by atoms with Gasteiger partial charge in [0.1, 0.15) is 5.17 Å². The second-order valence-electron chi connectivity index (χ2n) is 0.670. The molecule has 0 spiro atoms. The summed E-state index contributed by atoms with van der Waals surface area (Å²) < 4.78 is 3.95. The molecule has 0 amide bonds. The summed E-state index contributed by atoms with van der Waals surface area (Å²) in [5.41, 5.74) is 0. The molecule has 0 heterocycles. The molecule has 0 rings (SSSR count). The average molecular weight is 126 g/mol. The van der Waals surface area contributed by atoms with Gasteiger partial charge in [-0.1, -0.05) is 16.8 Å². The van der Waals surface area contributed by atoms with E-state index < -0.39 is 0 Å². The van der Waals surface area contributed by atoms with Crippen LogP contribution in [0, 0.1) is 0 Å². The van der Waals surface area contributed by atoms with Gasteiger partial charge in [-0.15, -0.1) is 0 Å². The highest BCUT2D eigenvalue weighted by atomic mass is 35.5. The van der Waals surface area contributed by atoms with Gasteiger partial charge >= 0.3 is 0 Å². The molecule has 0 saturated carbocycles. The van der Waals surface area contributed by atoms with E-state index in [1.807, 2.05) is 0 Å². The first-order valence-electron chi connectivity index (χ1n) is 1.28. The Labute approximate surface area is 46.7 Å². The van der Waals surface area contributed by atoms with E-state index in [-0.39, 0.29) is 0 Å². The van der Waals surface area contributed by atoms with Gasteiger partial charge in [0.25, 0.3) is 0 Å². The van der Waals surface area contributed by atoms with Crippen LogP contribution >= 0.6 is 24.5 Å². The zero-order valence-corrected chi connectivity index (χ0v) is 4.83. The first kappa shape index (κ1) is 6.11. The number of hydrogen-bond acceptors (Lipinski definition) is 3. The second kappa shape index (κ2) is 3.31. The van der Waals surface area contributed by atoms with Crippen molar-refractivity contribution in [1.82, 2.24) is 0 Å². The summed E-state index contributed by atoms with van der Waals surface area (Å²) in [5.74, 6) is 0. The van der Waals surface area contributed by atoms with E-state index in [0.29, 0.717) is 5.17 Å². The predicted molar refractivity (Wildman–Crippen MR) is 29.0 cm³/mol. The molecular formula is C2H4ClNOS. The Morgan fingerprint density at radius 1 is 2.00 bits per heavy atom. The third-order valence-corrected chi connectivity index (χ3v) is 0.317. The smallest absolute Gasteiger partial charge is 0.143 e. The van der Waals surface area contributed by atoms with Crippen LogP contribution in [0.4, 0.5) is 0 Å². The van der Waals surface area contributed by atoms with Crippen LogP contribution < -0.4 is 0 Å². The molecule has 36 valence electrons. The molecule has 0 saturated heterocycles. The van der Waals surface area contributed by atoms with E-state index in [1.54, 1.807) is 6.92 Å². The van der Waals surface area contributed by atoms with E-state index in [0.717, 1.165) is 0 Å². The Morgan fingerprint density at radius 3 is 2.50 bits per heavy atom. The molecule has 0 atom stereocenters. The molecule has 0 aromatic heterocycles. The van der Waals surface area contributed by atoms with Gasteiger partial charge in [0.05, 0.1) is 12.9 Å². The van der Waals surface area contributed by atoms with Crippen molar-refractivity contribution in [3.63, 3.8) is 0 Å². The molecule has 4 heteroatoms. The summed E-state index contributed by atoms with van der Waals surface area (Å²) >= 11 is 8.44. The zero-order valence-electron chi connectivity index (χ0n) is 3.18. The monoisotopic (exact) mass is 125 g/mol. The van der Waals surface area contributed by atoms with Crippen LogP contribution in [0.5, 0.6) is 0 Å². The lowest BCUT2D eigenvalue weighted by atomic mass is 10.9. The Kier molecular flexibility index (Phi) is 3.37. The van der Waals surface area contributed by atoms with Gasteiger partial charge < -0.3 is 4.28 Å². The molecule has 0 aromatic carbocycles. The van der Waals surface area contributed by atoms with Gasteiger partial charge in [-0.3, -0.25) is 0 Å². The lowest BCUT2D eigenvalue weighted by molar-refractivity contribution is 0.415. The van der Waals surface area contributed by atoms with Crippen LogP contribution in [0.2, 0.25) is 0 Å². The highest BCUT2D eigenvalue weighted by Gasteiger charge is 1.73. The molecule has 2 nitrogen and oxygen atoms in total. The van der Waals surface area contributed by atoms with Crippen LogP contribution in [-0.4, -0.2) is 5.17 Å². The normalized spacial score (nSPS) is 11.5. The van der Waals surface area contributed by atoms with Gasteiger partial charge in [0.15, 0.2) is 0 Å². The van der Waals surface area contributed by atoms with E-state index >= 15 is 0 Å². The maximum absolute atomic E-state index is 5.15. The fraction of sp³-hybridized carbons (Fsp3) is 0.500. The van der Waals surface area contributed by atoms with Gasteiger partial charge in [-0.25, -0.2) is 0 Å². The summed E-state index contributed by atoms with van der Waals surface area (Å²) in [6.07, 6.45) is 0. The molecular weight excluding hydrogens is 122 g/mol. The van der Waals surface area contributed by atoms with Crippen molar-refractivity contribution < 1.29 is 4.28 Å². The SMILES string of the molecule is CC(Cl)=NOS. The van der Waals surface area contributed by atoms with Crippen molar-refractivity contribution in [1.29, 1.82) is 0 Å². The molecule has 6 heavy (non-hydrogen) atoms. The Hall–Kier alpha value is 0.110. The average Bonchev–Trinajstić information content (AvgIpc) is 1.35. The number of halogens is 1. The molecule has 0 N–H and O–H groups in total.